The van der Waals surface area contributed by atoms with Crippen LogP contribution in [0.3, 0.4) is 0 Å². The monoisotopic (exact) mass is 748 g/mol. The van der Waals surface area contributed by atoms with Gasteiger partial charge in [0.05, 0.1) is 36.8 Å². The van der Waals surface area contributed by atoms with Crippen LogP contribution in [0.15, 0.2) is 97.1 Å². The van der Waals surface area contributed by atoms with Crippen molar-refractivity contribution in [3.8, 4) is 11.1 Å². The van der Waals surface area contributed by atoms with E-state index in [4.69, 9.17) is 19.9 Å². The van der Waals surface area contributed by atoms with Gasteiger partial charge in [-0.25, -0.2) is 0 Å². The highest BCUT2D eigenvalue weighted by molar-refractivity contribution is 5.93. The molecule has 4 aromatic carbocycles. The number of para-hydroxylation sites is 2. The molecule has 6 rings (SSSR count). The Kier molecular flexibility index (Phi) is 14.8. The van der Waals surface area contributed by atoms with E-state index in [1.54, 1.807) is 19.2 Å². The number of methoxy groups -OCH3 is 1. The van der Waals surface area contributed by atoms with Crippen LogP contribution in [0.5, 0.6) is 0 Å². The number of benzene rings is 4. The van der Waals surface area contributed by atoms with Crippen molar-refractivity contribution < 1.29 is 28.9 Å². The lowest BCUT2D eigenvalue weighted by Crippen LogP contribution is -2.42. The van der Waals surface area contributed by atoms with Crippen LogP contribution in [-0.2, 0) is 37.0 Å². The zero-order valence-corrected chi connectivity index (χ0v) is 32.0. The summed E-state index contributed by atoms with van der Waals surface area (Å²) in [5, 5.41) is 15.6. The Hall–Kier alpha value is -4.58. The molecule has 5 N–H and O–H groups in total. The molecular formula is C45H56N4O6. The minimum atomic E-state index is -0.529. The first-order valence-corrected chi connectivity index (χ1v) is 19.7. The van der Waals surface area contributed by atoms with Crippen LogP contribution in [0.2, 0.25) is 0 Å². The normalized spacial score (nSPS) is 20.0. The van der Waals surface area contributed by atoms with Crippen LogP contribution < -0.4 is 16.4 Å². The molecule has 2 aliphatic rings. The first-order chi connectivity index (χ1) is 26.9. The van der Waals surface area contributed by atoms with Crippen LogP contribution in [-0.4, -0.2) is 60.8 Å². The van der Waals surface area contributed by atoms with E-state index in [0.29, 0.717) is 36.8 Å². The minimum Gasteiger partial charge on any atom is -0.397 e. The van der Waals surface area contributed by atoms with Crippen molar-refractivity contribution >= 4 is 23.2 Å². The van der Waals surface area contributed by atoms with E-state index >= 15 is 0 Å². The van der Waals surface area contributed by atoms with E-state index in [-0.39, 0.29) is 30.6 Å². The van der Waals surface area contributed by atoms with E-state index in [1.165, 1.54) is 0 Å². The Morgan fingerprint density at radius 3 is 2.31 bits per heavy atom. The summed E-state index contributed by atoms with van der Waals surface area (Å²) in [4.78, 5) is 27.5. The fourth-order valence-electron chi connectivity index (χ4n) is 7.62. The molecule has 4 unspecified atom stereocenters. The Bertz CT molecular complexity index is 1820. The molecule has 4 aromatic rings. The predicted octanol–water partition coefficient (Wildman–Crippen LogP) is 7.68. The van der Waals surface area contributed by atoms with Crippen molar-refractivity contribution in [3.05, 3.63) is 119 Å². The maximum Gasteiger partial charge on any atom is 0.224 e. The van der Waals surface area contributed by atoms with Gasteiger partial charge in [-0.3, -0.25) is 14.5 Å². The van der Waals surface area contributed by atoms with Crippen molar-refractivity contribution in [3.63, 3.8) is 0 Å². The third kappa shape index (κ3) is 11.5. The molecule has 2 aliphatic heterocycles. The number of aliphatic hydroxyl groups excluding tert-OH is 1. The largest absolute Gasteiger partial charge is 0.397 e. The molecule has 2 heterocycles. The summed E-state index contributed by atoms with van der Waals surface area (Å²) in [6, 6.07) is 32.2. The smallest absolute Gasteiger partial charge is 0.224 e. The molecule has 2 amide bonds. The number of unbranched alkanes of at least 4 members (excludes halogenated alkanes) is 3. The second-order valence-corrected chi connectivity index (χ2v) is 14.7. The average Bonchev–Trinajstić information content (AvgIpc) is 3.65. The second-order valence-electron chi connectivity index (χ2n) is 14.7. The Balaban J connectivity index is 1.01. The van der Waals surface area contributed by atoms with Gasteiger partial charge in [-0.05, 0) is 72.2 Å². The Morgan fingerprint density at radius 2 is 1.56 bits per heavy atom. The molecule has 0 radical (unpaired) electrons. The van der Waals surface area contributed by atoms with Gasteiger partial charge < -0.3 is 35.7 Å². The average molecular weight is 749 g/mol. The van der Waals surface area contributed by atoms with Gasteiger partial charge in [-0.1, -0.05) is 97.8 Å². The third-order valence-electron chi connectivity index (χ3n) is 10.7. The number of ether oxygens (including phenoxy) is 3. The number of carbonyl (C=O) groups excluding carboxylic acids is 2. The van der Waals surface area contributed by atoms with E-state index in [1.807, 2.05) is 48.5 Å². The Labute approximate surface area is 325 Å². The number of hydrogen-bond donors (Lipinski definition) is 4. The molecule has 0 bridgehead atoms. The standard InChI is InChI=1S/C45H56N4O6/c1-53-31-37-12-10-26-49(37)29-38-27-42(34-20-18-32(30-50)19-21-34)55-45(54-38)35-24-22-33(23-25-35)39-13-7-6-11-36(39)28-47-43(51)16-4-2-3-5-17-44(52)48-41-15-9-8-14-40(41)46/h6-9,11,13-15,18-25,37-38,42,45,50H,2-5,10,12,16-17,26-31,46H2,1H3,(H,47,51)(H,48,52). The van der Waals surface area contributed by atoms with Crippen LogP contribution in [0.25, 0.3) is 11.1 Å². The van der Waals surface area contributed by atoms with Gasteiger partial charge >= 0.3 is 0 Å². The number of carbonyl (C=O) groups is 2. The maximum atomic E-state index is 12.8. The highest BCUT2D eigenvalue weighted by atomic mass is 16.7. The predicted molar refractivity (Wildman–Crippen MR) is 216 cm³/mol. The summed E-state index contributed by atoms with van der Waals surface area (Å²) in [6.07, 6.45) is 6.52. The van der Waals surface area contributed by atoms with Gasteiger partial charge in [0.1, 0.15) is 0 Å². The molecule has 10 nitrogen and oxygen atoms in total. The zero-order chi connectivity index (χ0) is 38.4. The van der Waals surface area contributed by atoms with Gasteiger partial charge in [-0.15, -0.1) is 0 Å². The van der Waals surface area contributed by atoms with E-state index in [0.717, 1.165) is 98.0 Å². The van der Waals surface area contributed by atoms with Crippen LogP contribution in [0, 0.1) is 0 Å². The fourth-order valence-corrected chi connectivity index (χ4v) is 7.62. The summed E-state index contributed by atoms with van der Waals surface area (Å²) in [7, 11) is 1.77. The van der Waals surface area contributed by atoms with E-state index in [9.17, 15) is 14.7 Å². The quantitative estimate of drug-likeness (QED) is 0.0602. The molecule has 0 spiro atoms. The number of hydrogen-bond acceptors (Lipinski definition) is 8. The van der Waals surface area contributed by atoms with Gasteiger partial charge in [0.2, 0.25) is 11.8 Å². The first-order valence-electron chi connectivity index (χ1n) is 19.7. The van der Waals surface area contributed by atoms with Crippen LogP contribution in [0.1, 0.15) is 92.4 Å². The Morgan fingerprint density at radius 1 is 0.855 bits per heavy atom. The van der Waals surface area contributed by atoms with E-state index < -0.39 is 6.29 Å². The van der Waals surface area contributed by atoms with Crippen molar-refractivity contribution in [1.29, 1.82) is 0 Å². The lowest BCUT2D eigenvalue weighted by atomic mass is 9.97. The number of nitrogens with one attached hydrogen (secondary N) is 2. The number of aliphatic hydroxyl groups is 1. The van der Waals surface area contributed by atoms with Gasteiger partial charge in [0.25, 0.3) is 0 Å². The fraction of sp³-hybridized carbons (Fsp3) is 0.422. The number of amides is 2. The minimum absolute atomic E-state index is 0.00875. The highest BCUT2D eigenvalue weighted by Gasteiger charge is 2.35. The first kappa shape index (κ1) is 40.1. The van der Waals surface area contributed by atoms with Crippen molar-refractivity contribution in [2.75, 3.05) is 37.9 Å². The van der Waals surface area contributed by atoms with Gasteiger partial charge in [-0.2, -0.15) is 0 Å². The third-order valence-corrected chi connectivity index (χ3v) is 10.7. The summed E-state index contributed by atoms with van der Waals surface area (Å²) in [5.74, 6) is -0.0281. The number of rotatable bonds is 18. The number of nitrogens with zero attached hydrogens (tertiary/aromatic N) is 1. The van der Waals surface area contributed by atoms with Crippen LogP contribution >= 0.6 is 0 Å². The van der Waals surface area contributed by atoms with E-state index in [2.05, 4.69) is 51.9 Å². The van der Waals surface area contributed by atoms with Crippen LogP contribution in [0.4, 0.5) is 11.4 Å². The lowest BCUT2D eigenvalue weighted by Gasteiger charge is -2.38. The summed E-state index contributed by atoms with van der Waals surface area (Å²) < 4.78 is 18.8. The van der Waals surface area contributed by atoms with Crippen molar-refractivity contribution in [2.24, 2.45) is 0 Å². The molecule has 292 valence electrons. The molecular weight excluding hydrogens is 693 g/mol. The number of likely N-dealkylation sites (tertiary alicyclic amines) is 1. The molecule has 55 heavy (non-hydrogen) atoms. The summed E-state index contributed by atoms with van der Waals surface area (Å²) >= 11 is 0. The maximum absolute atomic E-state index is 12.8. The number of nitrogen functional groups attached to an aromatic ring is 1. The zero-order valence-electron chi connectivity index (χ0n) is 32.0. The highest BCUT2D eigenvalue weighted by Crippen LogP contribution is 2.39. The SMILES string of the molecule is COCC1CCCN1CC1CC(c2ccc(CO)cc2)OC(c2ccc(-c3ccccc3CNC(=O)CCCCCCC(=O)Nc3ccccc3N)cc2)O1. The second kappa shape index (κ2) is 20.4. The van der Waals surface area contributed by atoms with Crippen molar-refractivity contribution in [1.82, 2.24) is 10.2 Å². The molecule has 0 saturated carbocycles. The topological polar surface area (TPSA) is 135 Å². The number of anilines is 2. The molecule has 4 atom stereocenters. The summed E-state index contributed by atoms with van der Waals surface area (Å²) in [6.45, 7) is 3.03. The molecule has 2 saturated heterocycles. The van der Waals surface area contributed by atoms with Gasteiger partial charge in [0, 0.05) is 51.1 Å². The lowest BCUT2D eigenvalue weighted by molar-refractivity contribution is -0.253. The van der Waals surface area contributed by atoms with Gasteiger partial charge in [0.15, 0.2) is 6.29 Å². The van der Waals surface area contributed by atoms with Crippen molar-refractivity contribution in [2.45, 2.75) is 95.5 Å². The molecule has 0 aliphatic carbocycles. The molecule has 2 fully saturated rings. The molecule has 0 aromatic heterocycles. The number of nitrogens with two attached hydrogens (primary N) is 1. The summed E-state index contributed by atoms with van der Waals surface area (Å²) in [5.41, 5.74) is 13.2. The molecule has 10 heteroatoms.